The predicted molar refractivity (Wildman–Crippen MR) is 94.8 cm³/mol. The fourth-order valence-corrected chi connectivity index (χ4v) is 3.47. The van der Waals surface area contributed by atoms with Crippen LogP contribution >= 0.6 is 0 Å². The second-order valence-corrected chi connectivity index (χ2v) is 6.24. The highest BCUT2D eigenvalue weighted by atomic mass is 16.1. The molecule has 4 rings (SSSR count). The quantitative estimate of drug-likeness (QED) is 0.799. The molecule has 24 heavy (non-hydrogen) atoms. The zero-order valence-corrected chi connectivity index (χ0v) is 13.6. The molecule has 4 heteroatoms. The predicted octanol–water partition coefficient (Wildman–Crippen LogP) is 3.76. The van der Waals surface area contributed by atoms with Gasteiger partial charge >= 0.3 is 0 Å². The van der Waals surface area contributed by atoms with Gasteiger partial charge in [-0.15, -0.1) is 0 Å². The number of aromatic nitrogens is 2. The lowest BCUT2D eigenvalue weighted by Gasteiger charge is -2.24. The van der Waals surface area contributed by atoms with E-state index in [0.717, 1.165) is 29.1 Å². The molecule has 0 aliphatic carbocycles. The number of carbonyl (C=O) groups is 1. The van der Waals surface area contributed by atoms with Crippen molar-refractivity contribution >= 4 is 11.7 Å². The average Bonchev–Trinajstić information content (AvgIpc) is 2.94. The molecule has 1 N–H and O–H groups in total. The third kappa shape index (κ3) is 2.60. The van der Waals surface area contributed by atoms with E-state index in [4.69, 9.17) is 5.10 Å². The molecule has 0 saturated carbocycles. The highest BCUT2D eigenvalue weighted by Gasteiger charge is 2.32. The number of rotatable bonds is 3. The molecule has 2 aromatic carbocycles. The van der Waals surface area contributed by atoms with Gasteiger partial charge in [-0.2, -0.15) is 5.10 Å². The number of fused-ring (bicyclic) bond motifs is 1. The maximum atomic E-state index is 12.2. The highest BCUT2D eigenvalue weighted by molar-refractivity contribution is 5.95. The van der Waals surface area contributed by atoms with Crippen molar-refractivity contribution in [3.63, 3.8) is 0 Å². The van der Waals surface area contributed by atoms with Crippen molar-refractivity contribution in [3.8, 4) is 11.3 Å². The first-order chi connectivity index (χ1) is 11.7. The van der Waals surface area contributed by atoms with E-state index in [0.29, 0.717) is 6.42 Å². The Kier molecular flexibility index (Phi) is 3.65. The topological polar surface area (TPSA) is 46.9 Å². The minimum Gasteiger partial charge on any atom is -0.311 e. The zero-order valence-electron chi connectivity index (χ0n) is 13.6. The van der Waals surface area contributed by atoms with E-state index >= 15 is 0 Å². The van der Waals surface area contributed by atoms with Gasteiger partial charge in [0.2, 0.25) is 5.91 Å². The first-order valence-electron chi connectivity index (χ1n) is 8.18. The summed E-state index contributed by atoms with van der Waals surface area (Å²) in [5, 5.41) is 7.69. The number of nitrogens with zero attached hydrogens (tertiary/aromatic N) is 2. The number of amides is 1. The molecule has 0 saturated heterocycles. The van der Waals surface area contributed by atoms with Crippen molar-refractivity contribution in [1.29, 1.82) is 0 Å². The molecular formula is C20H19N3O. The van der Waals surface area contributed by atoms with Crippen LogP contribution in [0.25, 0.3) is 11.3 Å². The normalized spacial score (nSPS) is 16.5. The van der Waals surface area contributed by atoms with Gasteiger partial charge in [0.1, 0.15) is 5.82 Å². The molecule has 1 aliphatic heterocycles. The fraction of sp³-hybridized carbons (Fsp3) is 0.200. The molecule has 4 nitrogen and oxygen atoms in total. The molecule has 0 fully saturated rings. The van der Waals surface area contributed by atoms with Gasteiger partial charge in [-0.25, -0.2) is 0 Å². The Morgan fingerprint density at radius 1 is 1.08 bits per heavy atom. The number of anilines is 1. The van der Waals surface area contributed by atoms with Crippen LogP contribution in [0.5, 0.6) is 0 Å². The van der Waals surface area contributed by atoms with Crippen LogP contribution < -0.4 is 5.32 Å². The monoisotopic (exact) mass is 317 g/mol. The Labute approximate surface area is 141 Å². The van der Waals surface area contributed by atoms with E-state index in [1.54, 1.807) is 4.68 Å². The SMILES string of the molecule is Cn1nc(-c2ccccc2)c2c1NC(=O)CC2Cc1ccccc1. The summed E-state index contributed by atoms with van der Waals surface area (Å²) in [5.41, 5.74) is 4.44. The lowest BCUT2D eigenvalue weighted by molar-refractivity contribution is -0.116. The summed E-state index contributed by atoms with van der Waals surface area (Å²) in [6.07, 6.45) is 1.33. The van der Waals surface area contributed by atoms with Gasteiger partial charge in [-0.1, -0.05) is 60.7 Å². The molecule has 1 unspecified atom stereocenters. The zero-order chi connectivity index (χ0) is 16.5. The minimum absolute atomic E-state index is 0.0612. The van der Waals surface area contributed by atoms with Crippen LogP contribution in [-0.2, 0) is 18.3 Å². The molecule has 3 aromatic rings. The summed E-state index contributed by atoms with van der Waals surface area (Å²) in [5.74, 6) is 1.03. The maximum absolute atomic E-state index is 12.2. The Morgan fingerprint density at radius 3 is 2.46 bits per heavy atom. The molecule has 2 heterocycles. The summed E-state index contributed by atoms with van der Waals surface area (Å²) in [6.45, 7) is 0. The molecule has 1 aromatic heterocycles. The highest BCUT2D eigenvalue weighted by Crippen LogP contribution is 2.40. The van der Waals surface area contributed by atoms with Gasteiger partial charge in [0.15, 0.2) is 0 Å². The average molecular weight is 317 g/mol. The fourth-order valence-electron chi connectivity index (χ4n) is 3.47. The van der Waals surface area contributed by atoms with E-state index in [-0.39, 0.29) is 11.8 Å². The van der Waals surface area contributed by atoms with Crippen LogP contribution in [0, 0.1) is 0 Å². The van der Waals surface area contributed by atoms with Gasteiger partial charge < -0.3 is 5.32 Å². The number of benzene rings is 2. The van der Waals surface area contributed by atoms with Crippen LogP contribution in [0.1, 0.15) is 23.5 Å². The molecule has 0 bridgehead atoms. The number of aryl methyl sites for hydroxylation is 1. The third-order valence-corrected chi connectivity index (χ3v) is 4.55. The Morgan fingerprint density at radius 2 is 1.75 bits per heavy atom. The molecule has 0 radical (unpaired) electrons. The molecule has 0 spiro atoms. The van der Waals surface area contributed by atoms with E-state index in [9.17, 15) is 4.79 Å². The van der Waals surface area contributed by atoms with Gasteiger partial charge in [-0.3, -0.25) is 9.48 Å². The molecule has 1 amide bonds. The van der Waals surface area contributed by atoms with E-state index < -0.39 is 0 Å². The smallest absolute Gasteiger partial charge is 0.226 e. The van der Waals surface area contributed by atoms with Crippen molar-refractivity contribution in [2.45, 2.75) is 18.8 Å². The van der Waals surface area contributed by atoms with Crippen LogP contribution in [0.3, 0.4) is 0 Å². The van der Waals surface area contributed by atoms with Gasteiger partial charge in [0.05, 0.1) is 5.69 Å². The van der Waals surface area contributed by atoms with Crippen molar-refractivity contribution in [1.82, 2.24) is 9.78 Å². The van der Waals surface area contributed by atoms with E-state index in [1.807, 2.05) is 43.4 Å². The van der Waals surface area contributed by atoms with Gasteiger partial charge in [0, 0.05) is 30.5 Å². The van der Waals surface area contributed by atoms with Crippen molar-refractivity contribution in [3.05, 3.63) is 71.8 Å². The van der Waals surface area contributed by atoms with Crippen LogP contribution in [0.2, 0.25) is 0 Å². The summed E-state index contributed by atoms with van der Waals surface area (Å²) in [7, 11) is 1.89. The van der Waals surface area contributed by atoms with E-state index in [2.05, 4.69) is 29.6 Å². The van der Waals surface area contributed by atoms with Crippen LogP contribution in [0.4, 0.5) is 5.82 Å². The van der Waals surface area contributed by atoms with Crippen molar-refractivity contribution < 1.29 is 4.79 Å². The summed E-state index contributed by atoms with van der Waals surface area (Å²) < 4.78 is 1.78. The van der Waals surface area contributed by atoms with Gasteiger partial charge in [0.25, 0.3) is 0 Å². The number of carbonyl (C=O) groups excluding carboxylic acids is 1. The maximum Gasteiger partial charge on any atom is 0.226 e. The Bertz CT molecular complexity index is 869. The Hall–Kier alpha value is -2.88. The largest absolute Gasteiger partial charge is 0.311 e. The molecule has 1 aliphatic rings. The lowest BCUT2D eigenvalue weighted by atomic mass is 9.85. The van der Waals surface area contributed by atoms with Crippen molar-refractivity contribution in [2.24, 2.45) is 7.05 Å². The summed E-state index contributed by atoms with van der Waals surface area (Å²) in [4.78, 5) is 12.2. The van der Waals surface area contributed by atoms with Crippen molar-refractivity contribution in [2.75, 3.05) is 5.32 Å². The Balaban J connectivity index is 1.81. The summed E-state index contributed by atoms with van der Waals surface area (Å²) in [6, 6.07) is 20.5. The van der Waals surface area contributed by atoms with Crippen LogP contribution in [-0.4, -0.2) is 15.7 Å². The second-order valence-electron chi connectivity index (χ2n) is 6.24. The molecule has 1 atom stereocenters. The standard InChI is InChI=1S/C20H19N3O/c1-23-20-18(19(22-23)15-10-6-3-7-11-15)16(13-17(24)21-20)12-14-8-4-2-5-9-14/h2-11,16H,12-13H2,1H3,(H,21,24). The lowest BCUT2D eigenvalue weighted by Crippen LogP contribution is -2.25. The van der Waals surface area contributed by atoms with Gasteiger partial charge in [-0.05, 0) is 12.0 Å². The summed E-state index contributed by atoms with van der Waals surface area (Å²) >= 11 is 0. The van der Waals surface area contributed by atoms with Crippen LogP contribution in [0.15, 0.2) is 60.7 Å². The minimum atomic E-state index is 0.0612. The first kappa shape index (κ1) is 14.7. The third-order valence-electron chi connectivity index (χ3n) is 4.55. The molecular weight excluding hydrogens is 298 g/mol. The number of hydrogen-bond acceptors (Lipinski definition) is 2. The number of hydrogen-bond donors (Lipinski definition) is 1. The molecule has 120 valence electrons. The first-order valence-corrected chi connectivity index (χ1v) is 8.18. The second kappa shape index (κ2) is 5.96. The van der Waals surface area contributed by atoms with E-state index in [1.165, 1.54) is 5.56 Å². The number of nitrogens with one attached hydrogen (secondary N) is 1.